The van der Waals surface area contributed by atoms with Crippen molar-refractivity contribution in [1.29, 1.82) is 0 Å². The van der Waals surface area contributed by atoms with E-state index >= 15 is 0 Å². The maximum atomic E-state index is 5.34. The largest absolute Gasteiger partial charge is 0.497 e. The fraction of sp³-hybridized carbons (Fsp3) is 0.500. The van der Waals surface area contributed by atoms with Crippen LogP contribution in [0.25, 0.3) is 0 Å². The summed E-state index contributed by atoms with van der Waals surface area (Å²) in [5.41, 5.74) is 1.15. The molecule has 0 saturated heterocycles. The van der Waals surface area contributed by atoms with Gasteiger partial charge in [0.25, 0.3) is 0 Å². The SMILES string of the molecule is COc1ccc(OC)c(NC2=NCC(C)(C)CS2)c1. The van der Waals surface area contributed by atoms with Crippen molar-refractivity contribution in [3.8, 4) is 11.5 Å². The van der Waals surface area contributed by atoms with Crippen LogP contribution in [-0.4, -0.2) is 31.7 Å². The summed E-state index contributed by atoms with van der Waals surface area (Å²) < 4.78 is 10.6. The van der Waals surface area contributed by atoms with Crippen LogP contribution < -0.4 is 14.8 Å². The topological polar surface area (TPSA) is 42.9 Å². The molecule has 5 heteroatoms. The summed E-state index contributed by atoms with van der Waals surface area (Å²) in [4.78, 5) is 4.58. The number of aliphatic imine (C=N–C) groups is 1. The van der Waals surface area contributed by atoms with E-state index in [9.17, 15) is 0 Å². The summed E-state index contributed by atoms with van der Waals surface area (Å²) in [6, 6.07) is 5.68. The van der Waals surface area contributed by atoms with Crippen LogP contribution >= 0.6 is 11.8 Å². The Bertz CT molecular complexity index is 486. The van der Waals surface area contributed by atoms with Crippen molar-refractivity contribution in [1.82, 2.24) is 0 Å². The fourth-order valence-electron chi connectivity index (χ4n) is 1.74. The Hall–Kier alpha value is -1.36. The van der Waals surface area contributed by atoms with E-state index in [1.165, 1.54) is 0 Å². The van der Waals surface area contributed by atoms with E-state index < -0.39 is 0 Å². The number of nitrogens with one attached hydrogen (secondary N) is 1. The lowest BCUT2D eigenvalue weighted by molar-refractivity contribution is 0.405. The molecule has 19 heavy (non-hydrogen) atoms. The van der Waals surface area contributed by atoms with Crippen LogP contribution in [0.5, 0.6) is 11.5 Å². The molecule has 0 aliphatic carbocycles. The number of nitrogens with zero attached hydrogens (tertiary/aromatic N) is 1. The highest BCUT2D eigenvalue weighted by molar-refractivity contribution is 8.14. The average molecular weight is 280 g/mol. The highest BCUT2D eigenvalue weighted by atomic mass is 32.2. The van der Waals surface area contributed by atoms with Crippen molar-refractivity contribution >= 4 is 22.6 Å². The van der Waals surface area contributed by atoms with E-state index in [-0.39, 0.29) is 5.41 Å². The minimum atomic E-state index is 0.272. The molecule has 1 aliphatic heterocycles. The number of ether oxygens (including phenoxy) is 2. The number of hydrogen-bond acceptors (Lipinski definition) is 5. The Balaban J connectivity index is 2.16. The first-order valence-corrected chi connectivity index (χ1v) is 7.19. The first-order valence-electron chi connectivity index (χ1n) is 6.20. The molecule has 1 aromatic rings. The number of anilines is 1. The lowest BCUT2D eigenvalue weighted by Gasteiger charge is -2.27. The quantitative estimate of drug-likeness (QED) is 0.923. The zero-order chi connectivity index (χ0) is 13.9. The summed E-state index contributed by atoms with van der Waals surface area (Å²) in [6.07, 6.45) is 0. The van der Waals surface area contributed by atoms with Crippen molar-refractivity contribution in [2.45, 2.75) is 13.8 Å². The smallest absolute Gasteiger partial charge is 0.161 e. The molecule has 0 atom stereocenters. The number of methoxy groups -OCH3 is 2. The van der Waals surface area contributed by atoms with Crippen molar-refractivity contribution < 1.29 is 9.47 Å². The number of benzene rings is 1. The van der Waals surface area contributed by atoms with E-state index in [2.05, 4.69) is 24.2 Å². The van der Waals surface area contributed by atoms with Gasteiger partial charge in [-0.3, -0.25) is 4.99 Å². The van der Waals surface area contributed by atoms with Crippen molar-refractivity contribution in [2.24, 2.45) is 10.4 Å². The molecule has 2 rings (SSSR count). The van der Waals surface area contributed by atoms with Crippen LogP contribution in [0, 0.1) is 5.41 Å². The minimum Gasteiger partial charge on any atom is -0.497 e. The molecule has 0 saturated carbocycles. The molecule has 104 valence electrons. The second kappa shape index (κ2) is 5.74. The van der Waals surface area contributed by atoms with Crippen LogP contribution in [0.15, 0.2) is 23.2 Å². The number of thioether (sulfide) groups is 1. The van der Waals surface area contributed by atoms with Gasteiger partial charge < -0.3 is 14.8 Å². The first kappa shape index (κ1) is 14.1. The zero-order valence-electron chi connectivity index (χ0n) is 11.8. The van der Waals surface area contributed by atoms with Gasteiger partial charge in [0.2, 0.25) is 0 Å². The lowest BCUT2D eigenvalue weighted by atomic mass is 9.97. The summed E-state index contributed by atoms with van der Waals surface area (Å²) >= 11 is 1.74. The maximum Gasteiger partial charge on any atom is 0.161 e. The van der Waals surface area contributed by atoms with Gasteiger partial charge in [0.15, 0.2) is 5.17 Å². The molecule has 0 unspecified atom stereocenters. The molecule has 0 aromatic heterocycles. The third-order valence-corrected chi connectivity index (χ3v) is 4.33. The van der Waals surface area contributed by atoms with Crippen LogP contribution in [0.3, 0.4) is 0 Å². The second-order valence-electron chi connectivity index (χ2n) is 5.27. The molecule has 0 fully saturated rings. The van der Waals surface area contributed by atoms with E-state index in [4.69, 9.17) is 9.47 Å². The number of rotatable bonds is 3. The molecular formula is C14H20N2O2S. The predicted molar refractivity (Wildman–Crippen MR) is 81.7 cm³/mol. The molecule has 1 aromatic carbocycles. The van der Waals surface area contributed by atoms with Crippen LogP contribution in [0.1, 0.15) is 13.8 Å². The van der Waals surface area contributed by atoms with Gasteiger partial charge in [0.1, 0.15) is 11.5 Å². The van der Waals surface area contributed by atoms with Gasteiger partial charge in [-0.25, -0.2) is 0 Å². The number of amidine groups is 1. The van der Waals surface area contributed by atoms with E-state index in [0.717, 1.165) is 34.7 Å². The monoisotopic (exact) mass is 280 g/mol. The van der Waals surface area contributed by atoms with Crippen molar-refractivity contribution in [3.63, 3.8) is 0 Å². The van der Waals surface area contributed by atoms with Gasteiger partial charge in [0, 0.05) is 18.4 Å². The summed E-state index contributed by atoms with van der Waals surface area (Å²) in [6.45, 7) is 5.30. The number of hydrogen-bond donors (Lipinski definition) is 1. The van der Waals surface area contributed by atoms with Crippen LogP contribution in [0.2, 0.25) is 0 Å². The second-order valence-corrected chi connectivity index (χ2v) is 6.23. The Labute approximate surface area is 118 Å². The van der Waals surface area contributed by atoms with Gasteiger partial charge >= 0.3 is 0 Å². The molecular weight excluding hydrogens is 260 g/mol. The Morgan fingerprint density at radius 1 is 1.26 bits per heavy atom. The third-order valence-electron chi connectivity index (χ3n) is 2.90. The molecule has 1 N–H and O–H groups in total. The Morgan fingerprint density at radius 2 is 2.05 bits per heavy atom. The minimum absolute atomic E-state index is 0.272. The first-order chi connectivity index (χ1) is 9.04. The van der Waals surface area contributed by atoms with Gasteiger partial charge in [-0.2, -0.15) is 0 Å². The predicted octanol–water partition coefficient (Wildman–Crippen LogP) is 3.24. The maximum absolute atomic E-state index is 5.34. The van der Waals surface area contributed by atoms with Crippen molar-refractivity contribution in [2.75, 3.05) is 31.8 Å². The molecule has 1 heterocycles. The average Bonchev–Trinajstić information content (AvgIpc) is 2.41. The molecule has 4 nitrogen and oxygen atoms in total. The van der Waals surface area contributed by atoms with Crippen molar-refractivity contribution in [3.05, 3.63) is 18.2 Å². The van der Waals surface area contributed by atoms with Crippen LogP contribution in [0.4, 0.5) is 5.69 Å². The van der Waals surface area contributed by atoms with E-state index in [1.54, 1.807) is 26.0 Å². The zero-order valence-corrected chi connectivity index (χ0v) is 12.6. The fourth-order valence-corrected chi connectivity index (χ4v) is 2.70. The third kappa shape index (κ3) is 3.56. The standard InChI is InChI=1S/C14H20N2O2S/c1-14(2)8-15-13(19-9-14)16-11-7-10(17-3)5-6-12(11)18-4/h5-7H,8-9H2,1-4H3,(H,15,16). The molecule has 0 spiro atoms. The molecule has 0 amide bonds. The van der Waals surface area contributed by atoms with Gasteiger partial charge in [-0.1, -0.05) is 25.6 Å². The highest BCUT2D eigenvalue weighted by Crippen LogP contribution is 2.32. The summed E-state index contributed by atoms with van der Waals surface area (Å²) in [7, 11) is 3.31. The molecule has 0 radical (unpaired) electrons. The van der Waals surface area contributed by atoms with E-state index in [0.29, 0.717) is 0 Å². The van der Waals surface area contributed by atoms with Gasteiger partial charge in [-0.15, -0.1) is 0 Å². The normalized spacial score (nSPS) is 17.6. The van der Waals surface area contributed by atoms with E-state index in [1.807, 2.05) is 18.2 Å². The van der Waals surface area contributed by atoms with Crippen LogP contribution in [-0.2, 0) is 0 Å². The lowest BCUT2D eigenvalue weighted by Crippen LogP contribution is -2.27. The summed E-state index contributed by atoms with van der Waals surface area (Å²) in [5.74, 6) is 2.64. The Kier molecular flexibility index (Phi) is 4.24. The summed E-state index contributed by atoms with van der Waals surface area (Å²) in [5, 5.41) is 4.26. The molecule has 0 bridgehead atoms. The molecule has 1 aliphatic rings. The highest BCUT2D eigenvalue weighted by Gasteiger charge is 2.23. The van der Waals surface area contributed by atoms with Gasteiger partial charge in [0.05, 0.1) is 19.9 Å². The van der Waals surface area contributed by atoms with Gasteiger partial charge in [-0.05, 0) is 17.5 Å². The Morgan fingerprint density at radius 3 is 2.63 bits per heavy atom.